The van der Waals surface area contributed by atoms with Crippen LogP contribution in [0.4, 0.5) is 0 Å². The highest BCUT2D eigenvalue weighted by Crippen LogP contribution is 2.20. The average molecular weight is 302 g/mol. The molecular formula is C16H22N4O2. The highest BCUT2D eigenvalue weighted by atomic mass is 16.3. The summed E-state index contributed by atoms with van der Waals surface area (Å²) in [6, 6.07) is 5.31. The van der Waals surface area contributed by atoms with Gasteiger partial charge in [-0.25, -0.2) is 9.97 Å². The smallest absolute Gasteiger partial charge is 0.269 e. The van der Waals surface area contributed by atoms with Gasteiger partial charge >= 0.3 is 0 Å². The van der Waals surface area contributed by atoms with E-state index in [1.54, 1.807) is 35.4 Å². The lowest BCUT2D eigenvalue weighted by Crippen LogP contribution is -2.27. The van der Waals surface area contributed by atoms with Gasteiger partial charge in [0.15, 0.2) is 0 Å². The van der Waals surface area contributed by atoms with Gasteiger partial charge in [0.25, 0.3) is 5.91 Å². The fourth-order valence-electron chi connectivity index (χ4n) is 2.03. The quantitative estimate of drug-likeness (QED) is 0.764. The summed E-state index contributed by atoms with van der Waals surface area (Å²) in [4.78, 5) is 20.4. The number of aromatic nitrogens is 3. The van der Waals surface area contributed by atoms with E-state index in [1.807, 2.05) is 19.9 Å². The summed E-state index contributed by atoms with van der Waals surface area (Å²) < 4.78 is 1.75. The number of hydrogen-bond donors (Lipinski definition) is 2. The minimum absolute atomic E-state index is 0.107. The van der Waals surface area contributed by atoms with E-state index in [1.165, 1.54) is 0 Å². The predicted molar refractivity (Wildman–Crippen MR) is 83.8 cm³/mol. The summed E-state index contributed by atoms with van der Waals surface area (Å²) >= 11 is 0. The van der Waals surface area contributed by atoms with Crippen LogP contribution in [0.25, 0.3) is 5.82 Å². The first kappa shape index (κ1) is 16.2. The zero-order valence-electron chi connectivity index (χ0n) is 13.0. The molecule has 0 unspecified atom stereocenters. The summed E-state index contributed by atoms with van der Waals surface area (Å²) in [7, 11) is 0. The van der Waals surface area contributed by atoms with E-state index in [4.69, 9.17) is 0 Å². The lowest BCUT2D eigenvalue weighted by molar-refractivity contribution is 0.0943. The van der Waals surface area contributed by atoms with Gasteiger partial charge in [-0.1, -0.05) is 19.9 Å². The van der Waals surface area contributed by atoms with E-state index >= 15 is 0 Å². The fraction of sp³-hybridized carbons (Fsp3) is 0.438. The third kappa shape index (κ3) is 4.39. The summed E-state index contributed by atoms with van der Waals surface area (Å²) in [5.74, 6) is 0.468. The zero-order valence-corrected chi connectivity index (χ0v) is 13.0. The molecular weight excluding hydrogens is 280 g/mol. The highest BCUT2D eigenvalue weighted by Gasteiger charge is 2.16. The van der Waals surface area contributed by atoms with Crippen LogP contribution in [0.5, 0.6) is 0 Å². The Labute approximate surface area is 130 Å². The third-order valence-electron chi connectivity index (χ3n) is 3.48. The molecule has 0 saturated heterocycles. The maximum atomic E-state index is 12.1. The Hall–Kier alpha value is -2.21. The molecule has 2 N–H and O–H groups in total. The van der Waals surface area contributed by atoms with Crippen LogP contribution >= 0.6 is 0 Å². The first-order valence-corrected chi connectivity index (χ1v) is 7.36. The molecule has 0 atom stereocenters. The van der Waals surface area contributed by atoms with Crippen LogP contribution < -0.4 is 5.32 Å². The molecule has 6 nitrogen and oxygen atoms in total. The lowest BCUT2D eigenvalue weighted by Gasteiger charge is -2.21. The Balaban J connectivity index is 1.89. The number of carbonyl (C=O) groups excluding carboxylic acids is 1. The van der Waals surface area contributed by atoms with Crippen molar-refractivity contribution < 1.29 is 9.90 Å². The summed E-state index contributed by atoms with van der Waals surface area (Å²) in [5.41, 5.74) is 0.275. The number of pyridine rings is 1. The van der Waals surface area contributed by atoms with E-state index in [0.717, 1.165) is 12.8 Å². The minimum Gasteiger partial charge on any atom is -0.396 e. The van der Waals surface area contributed by atoms with Crippen LogP contribution in [0.2, 0.25) is 0 Å². The number of aliphatic hydroxyl groups excluding tert-OH is 1. The number of rotatable bonds is 7. The molecule has 0 bridgehead atoms. The molecule has 2 aromatic rings. The number of imidazole rings is 1. The molecule has 0 fully saturated rings. The second kappa shape index (κ2) is 7.17. The molecule has 118 valence electrons. The Morgan fingerprint density at radius 2 is 2.23 bits per heavy atom. The van der Waals surface area contributed by atoms with Gasteiger partial charge in [0.05, 0.1) is 0 Å². The average Bonchev–Trinajstić information content (AvgIpc) is 3.06. The Kier molecular flexibility index (Phi) is 5.27. The van der Waals surface area contributed by atoms with Crippen LogP contribution in [0.1, 0.15) is 37.2 Å². The molecule has 22 heavy (non-hydrogen) atoms. The molecule has 2 aromatic heterocycles. The minimum atomic E-state index is -0.191. The number of aliphatic hydroxyl groups is 1. The van der Waals surface area contributed by atoms with Crippen molar-refractivity contribution in [2.75, 3.05) is 13.2 Å². The number of carbonyl (C=O) groups is 1. The van der Waals surface area contributed by atoms with E-state index in [2.05, 4.69) is 15.3 Å². The zero-order chi connectivity index (χ0) is 16.0. The van der Waals surface area contributed by atoms with Crippen LogP contribution in [-0.2, 0) is 0 Å². The molecule has 0 saturated carbocycles. The standard InChI is InChI=1S/C16H22N4O2/c1-16(2,11-21)7-4-8-18-15(22)13-5-3-6-14(19-13)20-10-9-17-12-20/h3,5-6,9-10,12,21H,4,7-8,11H2,1-2H3,(H,18,22). The van der Waals surface area contributed by atoms with Crippen molar-refractivity contribution in [1.82, 2.24) is 19.9 Å². The van der Waals surface area contributed by atoms with Crippen molar-refractivity contribution in [3.05, 3.63) is 42.6 Å². The van der Waals surface area contributed by atoms with E-state index < -0.39 is 0 Å². The normalized spacial score (nSPS) is 11.4. The van der Waals surface area contributed by atoms with Crippen LogP contribution in [-0.4, -0.2) is 38.7 Å². The first-order chi connectivity index (χ1) is 10.5. The van der Waals surface area contributed by atoms with Crippen molar-refractivity contribution in [3.63, 3.8) is 0 Å². The van der Waals surface area contributed by atoms with Crippen molar-refractivity contribution in [2.24, 2.45) is 5.41 Å². The molecule has 1 amide bonds. The topological polar surface area (TPSA) is 80.0 Å². The molecule has 2 rings (SSSR count). The molecule has 0 radical (unpaired) electrons. The molecule has 0 aliphatic heterocycles. The second-order valence-corrected chi connectivity index (χ2v) is 6.03. The number of hydrogen-bond acceptors (Lipinski definition) is 4. The van der Waals surface area contributed by atoms with Gasteiger partial charge in [-0.2, -0.15) is 0 Å². The van der Waals surface area contributed by atoms with Crippen molar-refractivity contribution in [3.8, 4) is 5.82 Å². The van der Waals surface area contributed by atoms with Crippen molar-refractivity contribution >= 4 is 5.91 Å². The predicted octanol–water partition coefficient (Wildman–Crippen LogP) is 1.80. The Morgan fingerprint density at radius 1 is 1.41 bits per heavy atom. The van der Waals surface area contributed by atoms with Crippen LogP contribution in [0, 0.1) is 5.41 Å². The van der Waals surface area contributed by atoms with E-state index in [9.17, 15) is 9.90 Å². The molecule has 0 aromatic carbocycles. The van der Waals surface area contributed by atoms with Crippen molar-refractivity contribution in [1.29, 1.82) is 0 Å². The summed E-state index contributed by atoms with van der Waals surface area (Å²) in [5, 5.41) is 12.1. The molecule has 2 heterocycles. The van der Waals surface area contributed by atoms with Crippen LogP contribution in [0.15, 0.2) is 36.9 Å². The van der Waals surface area contributed by atoms with Gasteiger partial charge < -0.3 is 10.4 Å². The van der Waals surface area contributed by atoms with Gasteiger partial charge in [0.2, 0.25) is 0 Å². The fourth-order valence-corrected chi connectivity index (χ4v) is 2.03. The first-order valence-electron chi connectivity index (χ1n) is 7.36. The monoisotopic (exact) mass is 302 g/mol. The largest absolute Gasteiger partial charge is 0.396 e. The maximum Gasteiger partial charge on any atom is 0.269 e. The van der Waals surface area contributed by atoms with Gasteiger partial charge in [0, 0.05) is 25.5 Å². The number of nitrogens with zero attached hydrogens (tertiary/aromatic N) is 3. The molecule has 0 aliphatic rings. The number of nitrogens with one attached hydrogen (secondary N) is 1. The Bertz CT molecular complexity index is 608. The molecule has 0 aliphatic carbocycles. The highest BCUT2D eigenvalue weighted by molar-refractivity contribution is 5.92. The third-order valence-corrected chi connectivity index (χ3v) is 3.48. The van der Waals surface area contributed by atoms with Gasteiger partial charge in [-0.05, 0) is 30.4 Å². The van der Waals surface area contributed by atoms with Crippen molar-refractivity contribution in [2.45, 2.75) is 26.7 Å². The van der Waals surface area contributed by atoms with E-state index in [0.29, 0.717) is 18.1 Å². The molecule has 6 heteroatoms. The summed E-state index contributed by atoms with van der Waals surface area (Å²) in [6.07, 6.45) is 6.76. The Morgan fingerprint density at radius 3 is 2.91 bits per heavy atom. The van der Waals surface area contributed by atoms with Gasteiger partial charge in [-0.15, -0.1) is 0 Å². The lowest BCUT2D eigenvalue weighted by atomic mass is 9.89. The number of amides is 1. The second-order valence-electron chi connectivity index (χ2n) is 6.03. The SMILES string of the molecule is CC(C)(CO)CCCNC(=O)c1cccc(-n2ccnc2)n1. The van der Waals surface area contributed by atoms with Gasteiger partial charge in [-0.3, -0.25) is 9.36 Å². The molecule has 0 spiro atoms. The van der Waals surface area contributed by atoms with E-state index in [-0.39, 0.29) is 17.9 Å². The van der Waals surface area contributed by atoms with Crippen LogP contribution in [0.3, 0.4) is 0 Å². The van der Waals surface area contributed by atoms with Gasteiger partial charge in [0.1, 0.15) is 17.8 Å². The maximum absolute atomic E-state index is 12.1. The summed E-state index contributed by atoms with van der Waals surface area (Å²) in [6.45, 7) is 4.73.